The minimum atomic E-state index is -4.65. The van der Waals surface area contributed by atoms with Gasteiger partial charge in [0.15, 0.2) is 0 Å². The fourth-order valence-corrected chi connectivity index (χ4v) is 3.88. The lowest BCUT2D eigenvalue weighted by Gasteiger charge is -2.31. The number of likely N-dealkylation sites (tertiary alicyclic amines) is 1. The van der Waals surface area contributed by atoms with E-state index in [9.17, 15) is 18.0 Å². The van der Waals surface area contributed by atoms with E-state index in [-0.39, 0.29) is 35.0 Å². The molecule has 184 valence electrons. The molecule has 10 nitrogen and oxygen atoms in total. The number of methoxy groups -OCH3 is 1. The molecular weight excluding hydrogens is 457 g/mol. The molecule has 34 heavy (non-hydrogen) atoms. The molecule has 2 saturated heterocycles. The number of aromatic nitrogens is 3. The minimum Gasteiger partial charge on any atom is -0.474 e. The molecule has 0 aliphatic carbocycles. The largest absolute Gasteiger partial charge is 0.474 e. The van der Waals surface area contributed by atoms with Crippen molar-refractivity contribution in [1.82, 2.24) is 19.9 Å². The van der Waals surface area contributed by atoms with Gasteiger partial charge in [0.2, 0.25) is 11.8 Å². The van der Waals surface area contributed by atoms with Crippen LogP contribution in [0.25, 0.3) is 11.3 Å². The van der Waals surface area contributed by atoms with Crippen LogP contribution in [0.15, 0.2) is 18.3 Å². The van der Waals surface area contributed by atoms with Gasteiger partial charge in [0.05, 0.1) is 31.6 Å². The summed E-state index contributed by atoms with van der Waals surface area (Å²) in [6, 6.07) is 2.16. The van der Waals surface area contributed by atoms with Crippen LogP contribution in [0, 0.1) is 0 Å². The Labute approximate surface area is 193 Å². The van der Waals surface area contributed by atoms with Crippen molar-refractivity contribution in [3.63, 3.8) is 0 Å². The molecule has 2 aliphatic rings. The third kappa shape index (κ3) is 5.41. The standard InChI is InChI=1S/C21H25F3N6O4/c1-32-20(31)30-4-2-13(3-5-30)34-18-11-16(27-19(28-18)29-6-8-33-9-7-29)14-12-26-17(25)10-15(14)21(22,23)24/h10-13H,2-9H2,1H3,(H2,25,26). The van der Waals surface area contributed by atoms with Gasteiger partial charge in [-0.2, -0.15) is 18.2 Å². The molecule has 0 saturated carbocycles. The van der Waals surface area contributed by atoms with E-state index in [0.29, 0.717) is 52.2 Å². The topological polar surface area (TPSA) is 116 Å². The fraction of sp³-hybridized carbons (Fsp3) is 0.524. The molecule has 0 aromatic carbocycles. The van der Waals surface area contributed by atoms with Crippen molar-refractivity contribution in [3.05, 3.63) is 23.9 Å². The van der Waals surface area contributed by atoms with Gasteiger partial charge in [-0.25, -0.2) is 14.8 Å². The first-order valence-electron chi connectivity index (χ1n) is 10.8. The number of rotatable bonds is 4. The number of anilines is 2. The zero-order valence-corrected chi connectivity index (χ0v) is 18.5. The van der Waals surface area contributed by atoms with Gasteiger partial charge in [-0.05, 0) is 6.07 Å². The Kier molecular flexibility index (Phi) is 6.91. The van der Waals surface area contributed by atoms with Crippen LogP contribution in [-0.4, -0.2) is 78.6 Å². The number of amides is 1. The molecule has 2 aromatic rings. The molecule has 13 heteroatoms. The van der Waals surface area contributed by atoms with Gasteiger partial charge in [-0.15, -0.1) is 0 Å². The summed E-state index contributed by atoms with van der Waals surface area (Å²) < 4.78 is 57.4. The Hall–Kier alpha value is -3.35. The van der Waals surface area contributed by atoms with Crippen LogP contribution < -0.4 is 15.4 Å². The van der Waals surface area contributed by atoms with Gasteiger partial charge in [-0.1, -0.05) is 0 Å². The Balaban J connectivity index is 1.66. The second-order valence-electron chi connectivity index (χ2n) is 7.92. The summed E-state index contributed by atoms with van der Waals surface area (Å²) in [7, 11) is 1.32. The summed E-state index contributed by atoms with van der Waals surface area (Å²) in [6.07, 6.45) is -3.22. The van der Waals surface area contributed by atoms with Crippen LogP contribution in [0.4, 0.5) is 29.7 Å². The van der Waals surface area contributed by atoms with Gasteiger partial charge in [0.1, 0.15) is 11.9 Å². The summed E-state index contributed by atoms with van der Waals surface area (Å²) in [6.45, 7) is 2.76. The second-order valence-corrected chi connectivity index (χ2v) is 7.92. The molecule has 2 fully saturated rings. The molecule has 0 unspecified atom stereocenters. The van der Waals surface area contributed by atoms with Gasteiger partial charge in [0, 0.05) is 56.8 Å². The van der Waals surface area contributed by atoms with Gasteiger partial charge < -0.3 is 29.7 Å². The van der Waals surface area contributed by atoms with Crippen molar-refractivity contribution in [2.75, 3.05) is 57.1 Å². The summed E-state index contributed by atoms with van der Waals surface area (Å²) in [5, 5.41) is 0. The first kappa shape index (κ1) is 23.8. The third-order valence-corrected chi connectivity index (χ3v) is 5.65. The molecule has 0 atom stereocenters. The number of alkyl halides is 3. The highest BCUT2D eigenvalue weighted by Gasteiger charge is 2.35. The average Bonchev–Trinajstić information content (AvgIpc) is 2.84. The molecule has 0 radical (unpaired) electrons. The highest BCUT2D eigenvalue weighted by Crippen LogP contribution is 2.38. The van der Waals surface area contributed by atoms with E-state index < -0.39 is 17.8 Å². The smallest absolute Gasteiger partial charge is 0.417 e. The molecular formula is C21H25F3N6O4. The fourth-order valence-electron chi connectivity index (χ4n) is 3.88. The predicted molar refractivity (Wildman–Crippen MR) is 115 cm³/mol. The number of piperidine rings is 1. The number of nitrogen functional groups attached to an aromatic ring is 1. The van der Waals surface area contributed by atoms with Crippen molar-refractivity contribution in [1.29, 1.82) is 0 Å². The van der Waals surface area contributed by atoms with Crippen molar-refractivity contribution in [2.45, 2.75) is 25.1 Å². The van der Waals surface area contributed by atoms with Crippen molar-refractivity contribution in [3.8, 4) is 17.1 Å². The number of halogens is 3. The number of nitrogens with two attached hydrogens (primary N) is 1. The molecule has 0 bridgehead atoms. The minimum absolute atomic E-state index is 0.0262. The number of hydrogen-bond donors (Lipinski definition) is 1. The predicted octanol–water partition coefficient (Wildman–Crippen LogP) is 2.59. The SMILES string of the molecule is COC(=O)N1CCC(Oc2cc(-c3cnc(N)cc3C(F)(F)F)nc(N3CCOCC3)n2)CC1. The first-order chi connectivity index (χ1) is 16.2. The van der Waals surface area contributed by atoms with Crippen molar-refractivity contribution in [2.24, 2.45) is 0 Å². The third-order valence-electron chi connectivity index (χ3n) is 5.65. The van der Waals surface area contributed by atoms with E-state index in [1.165, 1.54) is 13.2 Å². The number of hydrogen-bond acceptors (Lipinski definition) is 9. The summed E-state index contributed by atoms with van der Waals surface area (Å²) in [4.78, 5) is 27.8. The lowest BCUT2D eigenvalue weighted by atomic mass is 10.1. The van der Waals surface area contributed by atoms with E-state index in [1.807, 2.05) is 4.90 Å². The molecule has 1 amide bonds. The van der Waals surface area contributed by atoms with Crippen molar-refractivity contribution < 1.29 is 32.2 Å². The lowest BCUT2D eigenvalue weighted by molar-refractivity contribution is -0.137. The van der Waals surface area contributed by atoms with E-state index in [4.69, 9.17) is 19.9 Å². The number of pyridine rings is 1. The molecule has 4 rings (SSSR count). The Morgan fingerprint density at radius 2 is 1.85 bits per heavy atom. The van der Waals surface area contributed by atoms with Gasteiger partial charge in [0.25, 0.3) is 0 Å². The number of morpholine rings is 1. The number of nitrogens with zero attached hydrogens (tertiary/aromatic N) is 5. The Morgan fingerprint density at radius 3 is 2.50 bits per heavy atom. The Morgan fingerprint density at radius 1 is 1.15 bits per heavy atom. The van der Waals surface area contributed by atoms with Gasteiger partial charge >= 0.3 is 12.3 Å². The van der Waals surface area contributed by atoms with Crippen LogP contribution in [-0.2, 0) is 15.7 Å². The Bertz CT molecular complexity index is 1020. The maximum Gasteiger partial charge on any atom is 0.417 e. The monoisotopic (exact) mass is 482 g/mol. The van der Waals surface area contributed by atoms with Crippen molar-refractivity contribution >= 4 is 17.9 Å². The highest BCUT2D eigenvalue weighted by molar-refractivity contribution is 5.68. The molecule has 2 N–H and O–H groups in total. The maximum absolute atomic E-state index is 13.7. The zero-order valence-electron chi connectivity index (χ0n) is 18.5. The number of carbonyl (C=O) groups excluding carboxylic acids is 1. The first-order valence-corrected chi connectivity index (χ1v) is 10.8. The van der Waals surface area contributed by atoms with Gasteiger partial charge in [-0.3, -0.25) is 0 Å². The van der Waals surface area contributed by atoms with Crippen LogP contribution in [0.2, 0.25) is 0 Å². The van der Waals surface area contributed by atoms with E-state index in [0.717, 1.165) is 12.3 Å². The molecule has 4 heterocycles. The summed E-state index contributed by atoms with van der Waals surface area (Å²) in [5.74, 6) is 0.146. The molecule has 2 aliphatic heterocycles. The number of ether oxygens (including phenoxy) is 3. The normalized spacial score (nSPS) is 17.5. The van der Waals surface area contributed by atoms with Crippen LogP contribution in [0.3, 0.4) is 0 Å². The highest BCUT2D eigenvalue weighted by atomic mass is 19.4. The van der Waals surface area contributed by atoms with E-state index >= 15 is 0 Å². The zero-order chi connectivity index (χ0) is 24.3. The van der Waals surface area contributed by atoms with E-state index in [1.54, 1.807) is 4.90 Å². The quantitative estimate of drug-likeness (QED) is 0.702. The van der Waals surface area contributed by atoms with E-state index in [2.05, 4.69) is 15.0 Å². The average molecular weight is 482 g/mol. The second kappa shape index (κ2) is 9.87. The van der Waals surface area contributed by atoms with Crippen LogP contribution in [0.1, 0.15) is 18.4 Å². The maximum atomic E-state index is 13.7. The molecule has 2 aromatic heterocycles. The summed E-state index contributed by atoms with van der Waals surface area (Å²) in [5.41, 5.74) is 4.38. The van der Waals surface area contributed by atoms with Crippen LogP contribution >= 0.6 is 0 Å². The van der Waals surface area contributed by atoms with Crippen LogP contribution in [0.5, 0.6) is 5.88 Å². The number of carbonyl (C=O) groups is 1. The molecule has 0 spiro atoms. The lowest BCUT2D eigenvalue weighted by Crippen LogP contribution is -2.41. The summed E-state index contributed by atoms with van der Waals surface area (Å²) >= 11 is 0.